The van der Waals surface area contributed by atoms with Gasteiger partial charge in [0.1, 0.15) is 0 Å². The molecule has 0 aromatic heterocycles. The van der Waals surface area contributed by atoms with E-state index in [0.717, 1.165) is 0 Å². The Labute approximate surface area is 61.2 Å². The molecule has 0 heterocycles. The minimum atomic E-state index is 0. The summed E-state index contributed by atoms with van der Waals surface area (Å²) in [5.74, 6) is 8.00. The molecule has 0 bridgehead atoms. The van der Waals surface area contributed by atoms with Gasteiger partial charge in [-0.15, -0.1) is 12.4 Å². The van der Waals surface area contributed by atoms with Crippen molar-refractivity contribution in [2.24, 2.45) is 11.7 Å². The van der Waals surface area contributed by atoms with Gasteiger partial charge in [-0.25, -0.2) is 0 Å². The zero-order valence-electron chi connectivity index (χ0n) is 5.03. The Morgan fingerprint density at radius 3 is 0.778 bits per heavy atom. The van der Waals surface area contributed by atoms with E-state index in [1.165, 1.54) is 0 Å². The minimum Gasteiger partial charge on any atom is -0.274 e. The summed E-state index contributed by atoms with van der Waals surface area (Å²) in [6, 6.07) is 12.0. The highest BCUT2D eigenvalue weighted by molar-refractivity contribution is 5.85. The van der Waals surface area contributed by atoms with E-state index in [0.29, 0.717) is 0 Å². The molecule has 1 aromatic rings. The molecule has 1 rings (SSSR count). The van der Waals surface area contributed by atoms with Crippen molar-refractivity contribution in [3.05, 3.63) is 36.4 Å². The zero-order chi connectivity index (χ0) is 6.24. The first-order valence-electron chi connectivity index (χ1n) is 2.33. The van der Waals surface area contributed by atoms with E-state index in [4.69, 9.17) is 0 Å². The summed E-state index contributed by atoms with van der Waals surface area (Å²) in [6.07, 6.45) is 0. The second-order valence-corrected chi connectivity index (χ2v) is 1.15. The average Bonchev–Trinajstić information content (AvgIpc) is 1.96. The second kappa shape index (κ2) is 10.4. The summed E-state index contributed by atoms with van der Waals surface area (Å²) in [6.45, 7) is 0. The summed E-state index contributed by atoms with van der Waals surface area (Å²) >= 11 is 0. The average molecular weight is 147 g/mol. The van der Waals surface area contributed by atoms with Crippen LogP contribution in [0.15, 0.2) is 36.4 Å². The van der Waals surface area contributed by atoms with Crippen molar-refractivity contribution in [2.45, 2.75) is 0 Å². The minimum absolute atomic E-state index is 0. The fourth-order valence-electron chi connectivity index (χ4n) is 0.385. The van der Waals surface area contributed by atoms with Crippen LogP contribution >= 0.6 is 12.4 Å². The third-order valence-corrected chi connectivity index (χ3v) is 0.667. The summed E-state index contributed by atoms with van der Waals surface area (Å²) in [5.41, 5.74) is 0. The van der Waals surface area contributed by atoms with Crippen molar-refractivity contribution < 1.29 is 0 Å². The maximum Gasteiger partial charge on any atom is -0.0623 e. The van der Waals surface area contributed by atoms with Crippen LogP contribution in [0.1, 0.15) is 0 Å². The molecule has 3 heteroatoms. The zero-order valence-corrected chi connectivity index (χ0v) is 5.84. The predicted octanol–water partition coefficient (Wildman–Crippen LogP) is 0.927. The highest BCUT2D eigenvalue weighted by atomic mass is 35.5. The molecule has 0 fully saturated rings. The molecule has 0 aliphatic heterocycles. The van der Waals surface area contributed by atoms with Crippen LogP contribution in [-0.4, -0.2) is 0 Å². The maximum absolute atomic E-state index is 4.00. The van der Waals surface area contributed by atoms with Crippen molar-refractivity contribution in [3.8, 4) is 0 Å². The number of nitrogens with two attached hydrogens (primary N) is 2. The van der Waals surface area contributed by atoms with Gasteiger partial charge in [-0.3, -0.25) is 11.7 Å². The number of hydrazine groups is 1. The lowest BCUT2D eigenvalue weighted by molar-refractivity contribution is 1.26. The molecule has 9 heavy (non-hydrogen) atoms. The Morgan fingerprint density at radius 1 is 0.556 bits per heavy atom. The fraction of sp³-hybridized carbons (Fsp3) is 0. The number of hydrogen-bond donors (Lipinski definition) is 2. The monoisotopic (exact) mass is 146 g/mol. The fourth-order valence-corrected chi connectivity index (χ4v) is 0.385. The number of benzene rings is 1. The summed E-state index contributed by atoms with van der Waals surface area (Å²) in [5, 5.41) is 0. The third kappa shape index (κ3) is 7.43. The van der Waals surface area contributed by atoms with Gasteiger partial charge < -0.3 is 0 Å². The first kappa shape index (κ1) is 11.3. The molecule has 0 saturated carbocycles. The molecule has 1 aromatic carbocycles. The van der Waals surface area contributed by atoms with Crippen LogP contribution < -0.4 is 11.7 Å². The van der Waals surface area contributed by atoms with Crippen LogP contribution in [-0.2, 0) is 0 Å². The highest BCUT2D eigenvalue weighted by Crippen LogP contribution is 1.79. The molecule has 0 saturated heterocycles. The molecule has 0 spiro atoms. The topological polar surface area (TPSA) is 52.0 Å². The van der Waals surface area contributed by atoms with Gasteiger partial charge in [0.25, 0.3) is 0 Å². The van der Waals surface area contributed by atoms with Crippen molar-refractivity contribution in [1.82, 2.24) is 0 Å². The van der Waals surface area contributed by atoms with Crippen molar-refractivity contribution >= 4 is 12.4 Å². The van der Waals surface area contributed by atoms with Gasteiger partial charge in [-0.2, -0.15) is 0 Å². The van der Waals surface area contributed by atoms with E-state index in [1.807, 2.05) is 36.4 Å². The van der Waals surface area contributed by atoms with Crippen LogP contribution in [0.25, 0.3) is 0 Å². The Kier molecular flexibility index (Phi) is 13.0. The molecule has 0 atom stereocenters. The number of rotatable bonds is 0. The van der Waals surface area contributed by atoms with E-state index in [9.17, 15) is 0 Å². The van der Waals surface area contributed by atoms with Gasteiger partial charge in [-0.1, -0.05) is 36.4 Å². The molecular weight excluding hydrogens is 136 g/mol. The number of hydrogen-bond acceptors (Lipinski definition) is 2. The molecule has 0 amide bonds. The molecular formula is C6H11ClN2. The van der Waals surface area contributed by atoms with Gasteiger partial charge in [-0.05, 0) is 0 Å². The SMILES string of the molecule is Cl.NN.c1ccccc1. The van der Waals surface area contributed by atoms with Crippen LogP contribution in [0.3, 0.4) is 0 Å². The molecule has 4 N–H and O–H groups in total. The Morgan fingerprint density at radius 2 is 0.667 bits per heavy atom. The third-order valence-electron chi connectivity index (χ3n) is 0.667. The van der Waals surface area contributed by atoms with E-state index >= 15 is 0 Å². The van der Waals surface area contributed by atoms with E-state index in [-0.39, 0.29) is 12.4 Å². The van der Waals surface area contributed by atoms with Crippen LogP contribution in [0.5, 0.6) is 0 Å². The highest BCUT2D eigenvalue weighted by Gasteiger charge is 1.57. The van der Waals surface area contributed by atoms with Gasteiger partial charge in [0.05, 0.1) is 0 Å². The predicted molar refractivity (Wildman–Crippen MR) is 42.1 cm³/mol. The van der Waals surface area contributed by atoms with Gasteiger partial charge in [0.2, 0.25) is 0 Å². The lowest BCUT2D eigenvalue weighted by Gasteiger charge is -1.69. The Hall–Kier alpha value is -0.570. The normalized spacial score (nSPS) is 6.00. The Bertz CT molecular complexity index is 83.0. The van der Waals surface area contributed by atoms with E-state index in [2.05, 4.69) is 11.7 Å². The molecule has 2 nitrogen and oxygen atoms in total. The first-order chi connectivity index (χ1) is 4.00. The second-order valence-electron chi connectivity index (χ2n) is 1.15. The molecule has 0 radical (unpaired) electrons. The summed E-state index contributed by atoms with van der Waals surface area (Å²) < 4.78 is 0. The van der Waals surface area contributed by atoms with Gasteiger partial charge in [0.15, 0.2) is 0 Å². The first-order valence-corrected chi connectivity index (χ1v) is 2.33. The largest absolute Gasteiger partial charge is 0.274 e. The quantitative estimate of drug-likeness (QED) is 0.423. The molecule has 52 valence electrons. The number of halogens is 1. The lowest BCUT2D eigenvalue weighted by atomic mass is 10.4. The van der Waals surface area contributed by atoms with Crippen LogP contribution in [0, 0.1) is 0 Å². The Balaban J connectivity index is 0. The standard InChI is InChI=1S/C6H6.ClH.H4N2/c1-2-4-6-5-3-1;;1-2/h1-6H;1H;1-2H2. The maximum atomic E-state index is 4.00. The molecule has 0 aliphatic carbocycles. The van der Waals surface area contributed by atoms with Crippen LogP contribution in [0.4, 0.5) is 0 Å². The summed E-state index contributed by atoms with van der Waals surface area (Å²) in [4.78, 5) is 0. The van der Waals surface area contributed by atoms with E-state index < -0.39 is 0 Å². The van der Waals surface area contributed by atoms with Crippen LogP contribution in [0.2, 0.25) is 0 Å². The molecule has 0 aliphatic rings. The summed E-state index contributed by atoms with van der Waals surface area (Å²) in [7, 11) is 0. The van der Waals surface area contributed by atoms with Crippen molar-refractivity contribution in [1.29, 1.82) is 0 Å². The van der Waals surface area contributed by atoms with Crippen molar-refractivity contribution in [3.63, 3.8) is 0 Å². The molecule has 0 unspecified atom stereocenters. The van der Waals surface area contributed by atoms with Gasteiger partial charge in [0, 0.05) is 0 Å². The lowest BCUT2D eigenvalue weighted by Crippen LogP contribution is -2.02. The van der Waals surface area contributed by atoms with E-state index in [1.54, 1.807) is 0 Å². The smallest absolute Gasteiger partial charge is 0.0623 e. The van der Waals surface area contributed by atoms with Gasteiger partial charge >= 0.3 is 0 Å². The van der Waals surface area contributed by atoms with Crippen molar-refractivity contribution in [2.75, 3.05) is 0 Å².